The van der Waals surface area contributed by atoms with Gasteiger partial charge in [0.25, 0.3) is 0 Å². The minimum atomic E-state index is -0.174. The molecule has 1 radical (unpaired) electrons. The minimum Gasteiger partial charge on any atom is -0.274 e. The van der Waals surface area contributed by atoms with Gasteiger partial charge >= 0.3 is 0 Å². The molecule has 1 heterocycles. The maximum absolute atomic E-state index is 11.2. The van der Waals surface area contributed by atoms with Crippen molar-refractivity contribution in [2.75, 3.05) is 5.01 Å². The number of amides is 1. The standard InChI is InChI=1S/C12H11N4O/c1-10(17)15-16(11-5-3-2-4-6-11)12-7-8-13-9-14-12/h2-8H,1H3,(H,15,17). The Bertz CT molecular complexity index is 447. The molecule has 0 saturated carbocycles. The summed E-state index contributed by atoms with van der Waals surface area (Å²) in [5, 5.41) is 1.58. The van der Waals surface area contributed by atoms with Gasteiger partial charge in [-0.2, -0.15) is 0 Å². The minimum absolute atomic E-state index is 0.174. The number of anilines is 2. The van der Waals surface area contributed by atoms with Crippen LogP contribution in [0, 0.1) is 6.33 Å². The van der Waals surface area contributed by atoms with Crippen molar-refractivity contribution in [2.24, 2.45) is 0 Å². The fourth-order valence-electron chi connectivity index (χ4n) is 1.37. The zero-order valence-corrected chi connectivity index (χ0v) is 9.29. The first-order chi connectivity index (χ1) is 8.27. The first-order valence-electron chi connectivity index (χ1n) is 5.09. The molecule has 0 aliphatic rings. The van der Waals surface area contributed by atoms with Gasteiger partial charge in [-0.05, 0) is 12.1 Å². The Morgan fingerprint density at radius 2 is 2.06 bits per heavy atom. The Morgan fingerprint density at radius 1 is 1.29 bits per heavy atom. The third kappa shape index (κ3) is 2.78. The average Bonchev–Trinajstić information content (AvgIpc) is 2.38. The normalized spacial score (nSPS) is 9.71. The van der Waals surface area contributed by atoms with Crippen LogP contribution in [0.4, 0.5) is 11.5 Å². The zero-order chi connectivity index (χ0) is 12.1. The predicted molar refractivity (Wildman–Crippen MR) is 63.3 cm³/mol. The molecule has 2 aromatic rings. The molecule has 0 fully saturated rings. The molecule has 0 atom stereocenters. The highest BCUT2D eigenvalue weighted by atomic mass is 16.2. The molecule has 0 bridgehead atoms. The van der Waals surface area contributed by atoms with Crippen LogP contribution in [0.1, 0.15) is 6.92 Å². The Kier molecular flexibility index (Phi) is 3.30. The molecule has 5 heteroatoms. The van der Waals surface area contributed by atoms with Crippen molar-refractivity contribution >= 4 is 17.4 Å². The first-order valence-corrected chi connectivity index (χ1v) is 5.09. The molecule has 0 aliphatic carbocycles. The number of para-hydroxylation sites is 1. The molecule has 2 rings (SSSR count). The number of aromatic nitrogens is 2. The molecule has 1 N–H and O–H groups in total. The van der Waals surface area contributed by atoms with E-state index in [1.54, 1.807) is 17.3 Å². The Balaban J connectivity index is 2.36. The second-order valence-corrected chi connectivity index (χ2v) is 3.35. The number of hydrogen-bond donors (Lipinski definition) is 1. The Hall–Kier alpha value is -2.43. The maximum Gasteiger partial charge on any atom is 0.235 e. The predicted octanol–water partition coefficient (Wildman–Crippen LogP) is 1.47. The summed E-state index contributed by atoms with van der Waals surface area (Å²) in [5.41, 5.74) is 3.51. The molecule has 0 saturated heterocycles. The van der Waals surface area contributed by atoms with Crippen molar-refractivity contribution in [3.05, 3.63) is 48.9 Å². The fourth-order valence-corrected chi connectivity index (χ4v) is 1.37. The van der Waals surface area contributed by atoms with Gasteiger partial charge in [0.1, 0.15) is 0 Å². The number of nitrogens with zero attached hydrogens (tertiary/aromatic N) is 3. The lowest BCUT2D eigenvalue weighted by Gasteiger charge is -2.22. The fraction of sp³-hybridized carbons (Fsp3) is 0.0833. The maximum atomic E-state index is 11.2. The molecule has 0 aliphatic heterocycles. The van der Waals surface area contributed by atoms with E-state index in [4.69, 9.17) is 0 Å². The number of carbonyl (C=O) groups excluding carboxylic acids is 1. The van der Waals surface area contributed by atoms with Gasteiger partial charge in [0.15, 0.2) is 12.1 Å². The van der Waals surface area contributed by atoms with Gasteiger partial charge in [0, 0.05) is 19.2 Å². The van der Waals surface area contributed by atoms with Crippen molar-refractivity contribution in [1.82, 2.24) is 15.4 Å². The topological polar surface area (TPSA) is 58.1 Å². The van der Waals surface area contributed by atoms with Gasteiger partial charge < -0.3 is 0 Å². The average molecular weight is 227 g/mol. The summed E-state index contributed by atoms with van der Waals surface area (Å²) in [6.07, 6.45) is 4.06. The largest absolute Gasteiger partial charge is 0.274 e. The highest BCUT2D eigenvalue weighted by Crippen LogP contribution is 2.19. The summed E-state index contributed by atoms with van der Waals surface area (Å²) in [6.45, 7) is 1.45. The van der Waals surface area contributed by atoms with Crippen LogP contribution in [0.25, 0.3) is 0 Å². The van der Waals surface area contributed by atoms with Crippen molar-refractivity contribution < 1.29 is 4.79 Å². The van der Waals surface area contributed by atoms with Crippen LogP contribution in [0.2, 0.25) is 0 Å². The van der Waals surface area contributed by atoms with Gasteiger partial charge in [-0.25, -0.2) is 15.0 Å². The lowest BCUT2D eigenvalue weighted by molar-refractivity contribution is -0.118. The summed E-state index contributed by atoms with van der Waals surface area (Å²) in [4.78, 5) is 18.9. The molecule has 0 unspecified atom stereocenters. The van der Waals surface area contributed by atoms with Crippen molar-refractivity contribution in [3.63, 3.8) is 0 Å². The highest BCUT2D eigenvalue weighted by Gasteiger charge is 2.10. The van der Waals surface area contributed by atoms with E-state index in [1.165, 1.54) is 6.92 Å². The van der Waals surface area contributed by atoms with E-state index in [0.29, 0.717) is 5.82 Å². The van der Waals surface area contributed by atoms with E-state index in [9.17, 15) is 4.79 Å². The molecule has 5 nitrogen and oxygen atoms in total. The molecule has 0 spiro atoms. The number of rotatable bonds is 3. The summed E-state index contributed by atoms with van der Waals surface area (Å²) in [6, 6.07) is 11.1. The molecule has 17 heavy (non-hydrogen) atoms. The molecular formula is C12H11N4O. The van der Waals surface area contributed by atoms with Crippen LogP contribution in [0.3, 0.4) is 0 Å². The van der Waals surface area contributed by atoms with Crippen LogP contribution >= 0.6 is 0 Å². The highest BCUT2D eigenvalue weighted by molar-refractivity contribution is 5.77. The van der Waals surface area contributed by atoms with Crippen LogP contribution in [0.5, 0.6) is 0 Å². The summed E-state index contributed by atoms with van der Waals surface area (Å²) in [7, 11) is 0. The third-order valence-corrected chi connectivity index (χ3v) is 2.03. The zero-order valence-electron chi connectivity index (χ0n) is 9.29. The van der Waals surface area contributed by atoms with Crippen LogP contribution in [-0.4, -0.2) is 15.9 Å². The van der Waals surface area contributed by atoms with E-state index in [0.717, 1.165) is 5.69 Å². The van der Waals surface area contributed by atoms with Gasteiger partial charge in [0.2, 0.25) is 5.91 Å². The number of benzene rings is 1. The Morgan fingerprint density at radius 3 is 2.65 bits per heavy atom. The van der Waals surface area contributed by atoms with E-state index in [1.807, 2.05) is 30.3 Å². The quantitative estimate of drug-likeness (QED) is 0.806. The summed E-state index contributed by atoms with van der Waals surface area (Å²) < 4.78 is 0. The third-order valence-electron chi connectivity index (χ3n) is 2.03. The van der Waals surface area contributed by atoms with Crippen molar-refractivity contribution in [3.8, 4) is 0 Å². The van der Waals surface area contributed by atoms with Gasteiger partial charge in [-0.15, -0.1) is 0 Å². The second kappa shape index (κ2) is 5.07. The molecule has 85 valence electrons. The lowest BCUT2D eigenvalue weighted by Crippen LogP contribution is -2.37. The van der Waals surface area contributed by atoms with E-state index >= 15 is 0 Å². The molecular weight excluding hydrogens is 216 g/mol. The first kappa shape index (κ1) is 11.1. The summed E-state index contributed by atoms with van der Waals surface area (Å²) in [5.74, 6) is 0.383. The number of nitrogens with one attached hydrogen (secondary N) is 1. The number of hydrazine groups is 1. The monoisotopic (exact) mass is 227 g/mol. The molecule has 1 amide bonds. The lowest BCUT2D eigenvalue weighted by atomic mass is 10.3. The Labute approximate surface area is 99.1 Å². The SMILES string of the molecule is CC(=O)NN(c1ccccc1)c1ccn[c]n1. The van der Waals surface area contributed by atoms with E-state index < -0.39 is 0 Å². The van der Waals surface area contributed by atoms with E-state index in [2.05, 4.69) is 21.7 Å². The van der Waals surface area contributed by atoms with Crippen molar-refractivity contribution in [1.29, 1.82) is 0 Å². The molecule has 1 aromatic carbocycles. The van der Waals surface area contributed by atoms with Gasteiger partial charge in [-0.3, -0.25) is 10.2 Å². The van der Waals surface area contributed by atoms with Crippen molar-refractivity contribution in [2.45, 2.75) is 6.92 Å². The summed E-state index contributed by atoms with van der Waals surface area (Å²) >= 11 is 0. The second-order valence-electron chi connectivity index (χ2n) is 3.35. The van der Waals surface area contributed by atoms with Gasteiger partial charge in [-0.1, -0.05) is 18.2 Å². The van der Waals surface area contributed by atoms with Crippen LogP contribution in [0.15, 0.2) is 42.6 Å². The van der Waals surface area contributed by atoms with Crippen LogP contribution < -0.4 is 10.4 Å². The molecule has 1 aromatic heterocycles. The smallest absolute Gasteiger partial charge is 0.235 e. The van der Waals surface area contributed by atoms with E-state index in [-0.39, 0.29) is 5.91 Å². The van der Waals surface area contributed by atoms with Crippen LogP contribution in [-0.2, 0) is 4.79 Å². The van der Waals surface area contributed by atoms with Gasteiger partial charge in [0.05, 0.1) is 5.69 Å². The number of carbonyl (C=O) groups is 1. The number of hydrogen-bond acceptors (Lipinski definition) is 4.